The van der Waals surface area contributed by atoms with Gasteiger partial charge in [-0.05, 0) is 25.7 Å². The monoisotopic (exact) mass is 452 g/mol. The van der Waals surface area contributed by atoms with E-state index in [1.165, 1.54) is 0 Å². The lowest BCUT2D eigenvalue weighted by Crippen LogP contribution is -2.36. The molecule has 1 saturated carbocycles. The van der Waals surface area contributed by atoms with Crippen LogP contribution in [0.2, 0.25) is 0 Å². The normalized spacial score (nSPS) is 20.6. The quantitative estimate of drug-likeness (QED) is 0.229. The number of carbonyl (C=O) groups is 4. The highest BCUT2D eigenvalue weighted by atomic mass is 16.5. The number of esters is 2. The Hall–Kier alpha value is -1.72. The summed E-state index contributed by atoms with van der Waals surface area (Å²) in [5.41, 5.74) is 0. The molecule has 1 fully saturated rings. The van der Waals surface area contributed by atoms with Gasteiger partial charge in [0.05, 0.1) is 25.0 Å². The number of hydrogen-bond acceptors (Lipinski definition) is 6. The fourth-order valence-electron chi connectivity index (χ4n) is 4.21. The first-order chi connectivity index (χ1) is 15.3. The van der Waals surface area contributed by atoms with E-state index in [1.807, 2.05) is 0 Å². The molecule has 32 heavy (non-hydrogen) atoms. The smallest absolute Gasteiger partial charge is 0.308 e. The third-order valence-electron chi connectivity index (χ3n) is 6.37. The first-order valence-electron chi connectivity index (χ1n) is 12.7. The first-order valence-corrected chi connectivity index (χ1v) is 12.7. The van der Waals surface area contributed by atoms with Crippen molar-refractivity contribution in [2.45, 2.75) is 105 Å². The fourth-order valence-corrected chi connectivity index (χ4v) is 4.21. The van der Waals surface area contributed by atoms with Crippen molar-refractivity contribution in [3.8, 4) is 0 Å². The maximum atomic E-state index is 12.6. The largest absolute Gasteiger partial charge is 0.465 e. The van der Waals surface area contributed by atoms with Gasteiger partial charge in [-0.15, -0.1) is 0 Å². The summed E-state index contributed by atoms with van der Waals surface area (Å²) in [6.07, 6.45) is 9.30. The van der Waals surface area contributed by atoms with Crippen LogP contribution in [0.1, 0.15) is 105 Å². The van der Waals surface area contributed by atoms with Crippen LogP contribution in [0.4, 0.5) is 0 Å². The van der Waals surface area contributed by atoms with Gasteiger partial charge in [-0.25, -0.2) is 0 Å². The number of ether oxygens (including phenoxy) is 2. The Morgan fingerprint density at radius 3 is 1.44 bits per heavy atom. The second kappa shape index (κ2) is 16.0. The van der Waals surface area contributed by atoms with E-state index in [4.69, 9.17) is 9.47 Å². The number of carbonyl (C=O) groups excluding carboxylic acids is 4. The number of Topliss-reactive ketones (excluding diaryl/α,β-unsaturated/α-hetero) is 2. The van der Waals surface area contributed by atoms with Crippen LogP contribution in [-0.4, -0.2) is 36.7 Å². The van der Waals surface area contributed by atoms with Gasteiger partial charge in [0.25, 0.3) is 0 Å². The maximum absolute atomic E-state index is 12.6. The van der Waals surface area contributed by atoms with E-state index >= 15 is 0 Å². The highest BCUT2D eigenvalue weighted by Crippen LogP contribution is 2.32. The molecule has 0 radical (unpaired) electrons. The first kappa shape index (κ1) is 28.3. The minimum absolute atomic E-state index is 0.0114. The lowest BCUT2D eigenvalue weighted by molar-refractivity contribution is -0.151. The van der Waals surface area contributed by atoms with Crippen molar-refractivity contribution in [2.75, 3.05) is 13.2 Å². The highest BCUT2D eigenvalue weighted by molar-refractivity contribution is 5.96. The maximum Gasteiger partial charge on any atom is 0.308 e. The van der Waals surface area contributed by atoms with Crippen LogP contribution in [0.3, 0.4) is 0 Å². The number of hydrogen-bond donors (Lipinski definition) is 0. The molecule has 184 valence electrons. The molecule has 0 aromatic carbocycles. The Balaban J connectivity index is 2.39. The van der Waals surface area contributed by atoms with Crippen molar-refractivity contribution >= 4 is 23.5 Å². The van der Waals surface area contributed by atoms with Gasteiger partial charge in [0.15, 0.2) is 0 Å². The SMILES string of the molecule is CCCCCCOC(=O)C(C)CC1CC(=O)C(CC(C)C(=O)OCCCCCC)CC1=O. The molecule has 0 aliphatic heterocycles. The molecule has 0 bridgehead atoms. The summed E-state index contributed by atoms with van der Waals surface area (Å²) >= 11 is 0. The van der Waals surface area contributed by atoms with E-state index in [-0.39, 0.29) is 36.3 Å². The lowest BCUT2D eigenvalue weighted by atomic mass is 9.74. The van der Waals surface area contributed by atoms with Crippen LogP contribution < -0.4 is 0 Å². The van der Waals surface area contributed by atoms with E-state index in [1.54, 1.807) is 13.8 Å². The zero-order valence-electron chi connectivity index (χ0n) is 20.7. The number of rotatable bonds is 16. The molecule has 0 N–H and O–H groups in total. The zero-order valence-corrected chi connectivity index (χ0v) is 20.7. The molecule has 0 heterocycles. The van der Waals surface area contributed by atoms with Gasteiger partial charge in [0.1, 0.15) is 11.6 Å². The average molecular weight is 453 g/mol. The summed E-state index contributed by atoms with van der Waals surface area (Å²) in [7, 11) is 0. The topological polar surface area (TPSA) is 86.7 Å². The third-order valence-corrected chi connectivity index (χ3v) is 6.37. The van der Waals surface area contributed by atoms with E-state index < -0.39 is 23.7 Å². The van der Waals surface area contributed by atoms with Crippen molar-refractivity contribution < 1.29 is 28.7 Å². The molecule has 6 nitrogen and oxygen atoms in total. The van der Waals surface area contributed by atoms with Crippen LogP contribution in [0, 0.1) is 23.7 Å². The number of ketones is 2. The summed E-state index contributed by atoms with van der Waals surface area (Å²) in [5, 5.41) is 0. The van der Waals surface area contributed by atoms with Crippen molar-refractivity contribution in [1.29, 1.82) is 0 Å². The van der Waals surface area contributed by atoms with Crippen molar-refractivity contribution in [1.82, 2.24) is 0 Å². The van der Waals surface area contributed by atoms with Crippen LogP contribution >= 0.6 is 0 Å². The molecule has 4 unspecified atom stereocenters. The Morgan fingerprint density at radius 2 is 1.09 bits per heavy atom. The number of unbranched alkanes of at least 4 members (excludes halogenated alkanes) is 6. The Kier molecular flexibility index (Phi) is 14.1. The molecule has 0 spiro atoms. The van der Waals surface area contributed by atoms with Crippen LogP contribution in [0.25, 0.3) is 0 Å². The molecular weight excluding hydrogens is 408 g/mol. The zero-order chi connectivity index (χ0) is 23.9. The van der Waals surface area contributed by atoms with Gasteiger partial charge >= 0.3 is 11.9 Å². The minimum Gasteiger partial charge on any atom is -0.465 e. The average Bonchev–Trinajstić information content (AvgIpc) is 2.76. The van der Waals surface area contributed by atoms with E-state index in [9.17, 15) is 19.2 Å². The predicted molar refractivity (Wildman–Crippen MR) is 124 cm³/mol. The van der Waals surface area contributed by atoms with Crippen molar-refractivity contribution in [2.24, 2.45) is 23.7 Å². The van der Waals surface area contributed by atoms with Crippen molar-refractivity contribution in [3.63, 3.8) is 0 Å². The van der Waals surface area contributed by atoms with E-state index in [0.717, 1.165) is 51.4 Å². The Bertz CT molecular complexity index is 547. The van der Waals surface area contributed by atoms with Gasteiger partial charge in [-0.3, -0.25) is 19.2 Å². The lowest BCUT2D eigenvalue weighted by Gasteiger charge is -2.28. The molecule has 0 aromatic rings. The summed E-state index contributed by atoms with van der Waals surface area (Å²) in [6, 6.07) is 0. The molecule has 0 aromatic heterocycles. The second-order valence-corrected chi connectivity index (χ2v) is 9.46. The Labute approximate surface area is 194 Å². The summed E-state index contributed by atoms with van der Waals surface area (Å²) < 4.78 is 10.6. The van der Waals surface area contributed by atoms with Gasteiger partial charge in [0.2, 0.25) is 0 Å². The minimum atomic E-state index is -0.429. The summed E-state index contributed by atoms with van der Waals surface area (Å²) in [6.45, 7) is 8.60. The Morgan fingerprint density at radius 1 is 0.719 bits per heavy atom. The molecular formula is C26H44O6. The molecule has 0 saturated heterocycles. The van der Waals surface area contributed by atoms with Crippen molar-refractivity contribution in [3.05, 3.63) is 0 Å². The van der Waals surface area contributed by atoms with Gasteiger partial charge in [0, 0.05) is 24.7 Å². The van der Waals surface area contributed by atoms with Crippen LogP contribution in [0.5, 0.6) is 0 Å². The molecule has 1 aliphatic carbocycles. The molecule has 6 heteroatoms. The van der Waals surface area contributed by atoms with Gasteiger partial charge < -0.3 is 9.47 Å². The van der Waals surface area contributed by atoms with Crippen LogP contribution in [0.15, 0.2) is 0 Å². The molecule has 0 amide bonds. The molecule has 4 atom stereocenters. The van der Waals surface area contributed by atoms with Gasteiger partial charge in [-0.1, -0.05) is 66.2 Å². The fraction of sp³-hybridized carbons (Fsp3) is 0.846. The summed E-state index contributed by atoms with van der Waals surface area (Å²) in [5.74, 6) is -2.22. The standard InChI is InChI=1S/C26H44O6/c1-5-7-9-11-13-31-25(29)19(3)15-21-17-24(28)22(18-23(21)27)16-20(4)26(30)32-14-12-10-8-6-2/h19-22H,5-18H2,1-4H3. The molecule has 1 rings (SSSR count). The molecule has 1 aliphatic rings. The second-order valence-electron chi connectivity index (χ2n) is 9.46. The van der Waals surface area contributed by atoms with E-state index in [2.05, 4.69) is 13.8 Å². The highest BCUT2D eigenvalue weighted by Gasteiger charge is 2.37. The van der Waals surface area contributed by atoms with Crippen LogP contribution in [-0.2, 0) is 28.7 Å². The van der Waals surface area contributed by atoms with E-state index in [0.29, 0.717) is 26.1 Å². The van der Waals surface area contributed by atoms with Gasteiger partial charge in [-0.2, -0.15) is 0 Å². The predicted octanol–water partition coefficient (Wildman–Crippen LogP) is 5.45. The third kappa shape index (κ3) is 10.7. The summed E-state index contributed by atoms with van der Waals surface area (Å²) in [4.78, 5) is 49.7.